The SMILES string of the molecule is C[C@H]1CCCN(C(=O)CCc2ccc(Cl)c(Cl)c2)C1. The predicted molar refractivity (Wildman–Crippen MR) is 79.8 cm³/mol. The second-order valence-electron chi connectivity index (χ2n) is 5.34. The standard InChI is InChI=1S/C15H19Cl2NO/c1-11-3-2-8-18(10-11)15(19)7-5-12-4-6-13(16)14(17)9-12/h4,6,9,11H,2-3,5,7-8,10H2,1H3/t11-/m0/s1. The first-order chi connectivity index (χ1) is 9.06. The molecule has 0 unspecified atom stereocenters. The third-order valence-corrected chi connectivity index (χ3v) is 4.36. The summed E-state index contributed by atoms with van der Waals surface area (Å²) in [6, 6.07) is 5.56. The first-order valence-electron chi connectivity index (χ1n) is 6.78. The van der Waals surface area contributed by atoms with Crippen LogP contribution >= 0.6 is 23.2 Å². The Kier molecular flexibility index (Phi) is 5.12. The molecular formula is C15H19Cl2NO. The Hall–Kier alpha value is -0.730. The van der Waals surface area contributed by atoms with Crippen molar-refractivity contribution in [1.82, 2.24) is 4.90 Å². The van der Waals surface area contributed by atoms with Crippen molar-refractivity contribution in [2.45, 2.75) is 32.6 Å². The van der Waals surface area contributed by atoms with Gasteiger partial charge in [0.1, 0.15) is 0 Å². The van der Waals surface area contributed by atoms with Gasteiger partial charge in [0.05, 0.1) is 10.0 Å². The zero-order chi connectivity index (χ0) is 13.8. The normalized spacial score (nSPS) is 19.5. The van der Waals surface area contributed by atoms with E-state index in [4.69, 9.17) is 23.2 Å². The summed E-state index contributed by atoms with van der Waals surface area (Å²) in [4.78, 5) is 14.1. The van der Waals surface area contributed by atoms with Gasteiger partial charge in [-0.05, 0) is 42.9 Å². The second kappa shape index (κ2) is 6.62. The molecule has 19 heavy (non-hydrogen) atoms. The van der Waals surface area contributed by atoms with Gasteiger partial charge in [-0.3, -0.25) is 4.79 Å². The molecule has 104 valence electrons. The summed E-state index contributed by atoms with van der Waals surface area (Å²) in [7, 11) is 0. The zero-order valence-electron chi connectivity index (χ0n) is 11.2. The van der Waals surface area contributed by atoms with E-state index in [-0.39, 0.29) is 5.91 Å². The van der Waals surface area contributed by atoms with Crippen LogP contribution in [0.2, 0.25) is 10.0 Å². The number of hydrogen-bond acceptors (Lipinski definition) is 1. The fourth-order valence-corrected chi connectivity index (χ4v) is 2.84. The summed E-state index contributed by atoms with van der Waals surface area (Å²) < 4.78 is 0. The molecule has 0 radical (unpaired) electrons. The average Bonchev–Trinajstić information content (AvgIpc) is 2.40. The number of rotatable bonds is 3. The first kappa shape index (κ1) is 14.7. The van der Waals surface area contributed by atoms with E-state index in [9.17, 15) is 4.79 Å². The van der Waals surface area contributed by atoms with Gasteiger partial charge in [0.2, 0.25) is 5.91 Å². The van der Waals surface area contributed by atoms with Crippen LogP contribution in [0, 0.1) is 5.92 Å². The molecule has 1 aliphatic heterocycles. The minimum Gasteiger partial charge on any atom is -0.342 e. The molecule has 1 aromatic carbocycles. The van der Waals surface area contributed by atoms with Crippen LogP contribution in [0.3, 0.4) is 0 Å². The molecule has 1 atom stereocenters. The van der Waals surface area contributed by atoms with Gasteiger partial charge in [-0.15, -0.1) is 0 Å². The third-order valence-electron chi connectivity index (χ3n) is 3.62. The lowest BCUT2D eigenvalue weighted by atomic mass is 9.99. The maximum atomic E-state index is 12.1. The molecule has 1 heterocycles. The predicted octanol–water partition coefficient (Wildman–Crippen LogP) is 4.18. The molecule has 1 amide bonds. The van der Waals surface area contributed by atoms with Crippen molar-refractivity contribution in [1.29, 1.82) is 0 Å². The van der Waals surface area contributed by atoms with Gasteiger partial charge in [-0.1, -0.05) is 36.2 Å². The van der Waals surface area contributed by atoms with Crippen molar-refractivity contribution in [2.24, 2.45) is 5.92 Å². The fraction of sp³-hybridized carbons (Fsp3) is 0.533. The highest BCUT2D eigenvalue weighted by Crippen LogP contribution is 2.23. The summed E-state index contributed by atoms with van der Waals surface area (Å²) in [6.07, 6.45) is 3.63. The molecule has 2 rings (SSSR count). The number of likely N-dealkylation sites (tertiary alicyclic amines) is 1. The summed E-state index contributed by atoms with van der Waals surface area (Å²) in [5, 5.41) is 1.11. The zero-order valence-corrected chi connectivity index (χ0v) is 12.7. The van der Waals surface area contributed by atoms with Gasteiger partial charge in [0, 0.05) is 19.5 Å². The Labute approximate surface area is 124 Å². The summed E-state index contributed by atoms with van der Waals surface area (Å²) in [5.74, 6) is 0.875. The van der Waals surface area contributed by atoms with Crippen LogP contribution < -0.4 is 0 Å². The summed E-state index contributed by atoms with van der Waals surface area (Å²) in [5.41, 5.74) is 1.06. The molecule has 1 aliphatic rings. The van der Waals surface area contributed by atoms with Crippen LogP contribution in [0.5, 0.6) is 0 Å². The van der Waals surface area contributed by atoms with Crippen LogP contribution in [-0.2, 0) is 11.2 Å². The van der Waals surface area contributed by atoms with Crippen LogP contribution in [0.25, 0.3) is 0 Å². The molecule has 2 nitrogen and oxygen atoms in total. The van der Waals surface area contributed by atoms with Crippen molar-refractivity contribution in [3.05, 3.63) is 33.8 Å². The largest absolute Gasteiger partial charge is 0.342 e. The molecule has 0 aliphatic carbocycles. The third kappa shape index (κ3) is 4.12. The van der Waals surface area contributed by atoms with Gasteiger partial charge in [-0.25, -0.2) is 0 Å². The molecule has 0 saturated carbocycles. The number of benzene rings is 1. The molecule has 0 N–H and O–H groups in total. The van der Waals surface area contributed by atoms with Crippen LogP contribution in [-0.4, -0.2) is 23.9 Å². The van der Waals surface area contributed by atoms with Crippen molar-refractivity contribution < 1.29 is 4.79 Å². The lowest BCUT2D eigenvalue weighted by Gasteiger charge is -2.31. The van der Waals surface area contributed by atoms with Crippen LogP contribution in [0.1, 0.15) is 31.7 Å². The Morgan fingerprint density at radius 2 is 2.16 bits per heavy atom. The van der Waals surface area contributed by atoms with E-state index in [2.05, 4.69) is 6.92 Å². The average molecular weight is 300 g/mol. The number of hydrogen-bond donors (Lipinski definition) is 0. The van der Waals surface area contributed by atoms with Gasteiger partial charge in [-0.2, -0.15) is 0 Å². The van der Waals surface area contributed by atoms with Gasteiger partial charge in [0.25, 0.3) is 0 Å². The lowest BCUT2D eigenvalue weighted by Crippen LogP contribution is -2.39. The molecule has 0 bridgehead atoms. The number of carbonyl (C=O) groups is 1. The van der Waals surface area contributed by atoms with E-state index in [1.165, 1.54) is 6.42 Å². The van der Waals surface area contributed by atoms with Gasteiger partial charge >= 0.3 is 0 Å². The maximum absolute atomic E-state index is 12.1. The number of halogens is 2. The fourth-order valence-electron chi connectivity index (χ4n) is 2.52. The van der Waals surface area contributed by atoms with Gasteiger partial charge in [0.15, 0.2) is 0 Å². The van der Waals surface area contributed by atoms with Gasteiger partial charge < -0.3 is 4.90 Å². The molecular weight excluding hydrogens is 281 g/mol. The smallest absolute Gasteiger partial charge is 0.222 e. The number of aryl methyl sites for hydroxylation is 1. The number of nitrogens with zero attached hydrogens (tertiary/aromatic N) is 1. The Morgan fingerprint density at radius 1 is 1.37 bits per heavy atom. The van der Waals surface area contributed by atoms with Crippen molar-refractivity contribution in [2.75, 3.05) is 13.1 Å². The maximum Gasteiger partial charge on any atom is 0.222 e. The molecule has 1 saturated heterocycles. The first-order valence-corrected chi connectivity index (χ1v) is 7.53. The van der Waals surface area contributed by atoms with Crippen molar-refractivity contribution in [3.8, 4) is 0 Å². The second-order valence-corrected chi connectivity index (χ2v) is 6.15. The van der Waals surface area contributed by atoms with Crippen LogP contribution in [0.4, 0.5) is 0 Å². The molecule has 4 heteroatoms. The summed E-state index contributed by atoms with van der Waals surface area (Å²) >= 11 is 11.8. The lowest BCUT2D eigenvalue weighted by molar-refractivity contribution is -0.132. The molecule has 0 spiro atoms. The monoisotopic (exact) mass is 299 g/mol. The minimum atomic E-state index is 0.248. The Morgan fingerprint density at radius 3 is 2.84 bits per heavy atom. The van der Waals surface area contributed by atoms with E-state index in [1.54, 1.807) is 6.07 Å². The molecule has 1 fully saturated rings. The van der Waals surface area contributed by atoms with E-state index in [0.717, 1.165) is 31.5 Å². The number of piperidine rings is 1. The van der Waals surface area contributed by atoms with E-state index < -0.39 is 0 Å². The topological polar surface area (TPSA) is 20.3 Å². The molecule has 1 aromatic rings. The highest BCUT2D eigenvalue weighted by molar-refractivity contribution is 6.42. The van der Waals surface area contributed by atoms with Crippen LogP contribution in [0.15, 0.2) is 18.2 Å². The minimum absolute atomic E-state index is 0.248. The highest BCUT2D eigenvalue weighted by atomic mass is 35.5. The van der Waals surface area contributed by atoms with E-state index in [0.29, 0.717) is 22.4 Å². The molecule has 0 aromatic heterocycles. The Balaban J connectivity index is 1.87. The van der Waals surface area contributed by atoms with E-state index >= 15 is 0 Å². The summed E-state index contributed by atoms with van der Waals surface area (Å²) in [6.45, 7) is 4.02. The highest BCUT2D eigenvalue weighted by Gasteiger charge is 2.20. The van der Waals surface area contributed by atoms with Crippen molar-refractivity contribution in [3.63, 3.8) is 0 Å². The number of carbonyl (C=O) groups excluding carboxylic acids is 1. The number of amides is 1. The van der Waals surface area contributed by atoms with E-state index in [1.807, 2.05) is 17.0 Å². The quantitative estimate of drug-likeness (QED) is 0.820. The van der Waals surface area contributed by atoms with Crippen molar-refractivity contribution >= 4 is 29.1 Å². The Bertz CT molecular complexity index is 461.